The minimum absolute atomic E-state index is 0.553. The van der Waals surface area contributed by atoms with Gasteiger partial charge in [0.05, 0.1) is 5.69 Å². The van der Waals surface area contributed by atoms with Gasteiger partial charge < -0.3 is 5.32 Å². The van der Waals surface area contributed by atoms with Crippen LogP contribution in [0.4, 0.5) is 0 Å². The topological polar surface area (TPSA) is 29.3 Å². The predicted molar refractivity (Wildman–Crippen MR) is 77.5 cm³/mol. The normalized spacial score (nSPS) is 15.2. The fourth-order valence-electron chi connectivity index (χ4n) is 2.81. The summed E-state index contributed by atoms with van der Waals surface area (Å²) in [6.45, 7) is 0.854. The van der Waals surface area contributed by atoms with E-state index in [9.17, 15) is 0 Å². The maximum Gasteiger partial charge on any atom is 0.193 e. The van der Waals surface area contributed by atoms with E-state index in [-0.39, 0.29) is 0 Å². The lowest BCUT2D eigenvalue weighted by Crippen LogP contribution is -2.29. The van der Waals surface area contributed by atoms with Crippen molar-refractivity contribution in [3.63, 3.8) is 0 Å². The summed E-state index contributed by atoms with van der Waals surface area (Å²) >= 11 is 1.68. The van der Waals surface area contributed by atoms with Crippen LogP contribution < -0.4 is 5.32 Å². The van der Waals surface area contributed by atoms with E-state index in [4.69, 9.17) is 0 Å². The molecule has 1 aliphatic carbocycles. The first-order valence-corrected chi connectivity index (χ1v) is 7.48. The Morgan fingerprint density at radius 3 is 2.79 bits per heavy atom. The average molecular weight is 269 g/mol. The van der Waals surface area contributed by atoms with Crippen molar-refractivity contribution in [3.05, 3.63) is 58.9 Å². The lowest BCUT2D eigenvalue weighted by atomic mass is 10.1. The molecule has 0 radical (unpaired) electrons. The third-order valence-electron chi connectivity index (χ3n) is 3.77. The van der Waals surface area contributed by atoms with Crippen LogP contribution in [0.2, 0.25) is 0 Å². The highest BCUT2D eigenvalue weighted by Gasteiger charge is 2.20. The summed E-state index contributed by atoms with van der Waals surface area (Å²) < 4.78 is 2.09. The number of rotatable bonds is 3. The molecule has 2 aromatic heterocycles. The molecule has 0 atom stereocenters. The van der Waals surface area contributed by atoms with Gasteiger partial charge in [0.1, 0.15) is 0 Å². The molecule has 96 valence electrons. The zero-order chi connectivity index (χ0) is 12.7. The van der Waals surface area contributed by atoms with Gasteiger partial charge in [-0.2, -0.15) is 0 Å². The first-order chi connectivity index (χ1) is 9.38. The average Bonchev–Trinajstić information content (AvgIpc) is 3.09. The number of hydrogen-bond donors (Lipinski definition) is 1. The maximum atomic E-state index is 4.60. The molecule has 3 nitrogen and oxygen atoms in total. The van der Waals surface area contributed by atoms with Gasteiger partial charge in [-0.05, 0) is 24.0 Å². The van der Waals surface area contributed by atoms with Gasteiger partial charge >= 0.3 is 0 Å². The van der Waals surface area contributed by atoms with Crippen molar-refractivity contribution >= 4 is 16.3 Å². The Labute approximate surface area is 115 Å². The van der Waals surface area contributed by atoms with Crippen LogP contribution in [0.3, 0.4) is 0 Å². The molecule has 0 saturated heterocycles. The van der Waals surface area contributed by atoms with Crippen LogP contribution >= 0.6 is 11.3 Å². The van der Waals surface area contributed by atoms with Crippen LogP contribution in [0.5, 0.6) is 0 Å². The Morgan fingerprint density at radius 1 is 1.26 bits per heavy atom. The van der Waals surface area contributed by atoms with Crippen LogP contribution in [0.1, 0.15) is 16.8 Å². The van der Waals surface area contributed by atoms with E-state index in [1.165, 1.54) is 11.1 Å². The number of benzene rings is 1. The second kappa shape index (κ2) is 4.47. The van der Waals surface area contributed by atoms with Gasteiger partial charge in [0.2, 0.25) is 0 Å². The summed E-state index contributed by atoms with van der Waals surface area (Å²) in [6, 6.07) is 9.29. The third-order valence-corrected chi connectivity index (χ3v) is 4.54. The standard InChI is InChI=1S/C15H15N3S/c1-2-4-12-8-13(7-11(12)3-1)16-9-14-10-18-5-6-19-15(18)17-14/h1-6,10,13,16H,7-9H2. The van der Waals surface area contributed by atoms with E-state index >= 15 is 0 Å². The number of hydrogen-bond acceptors (Lipinski definition) is 3. The highest BCUT2D eigenvalue weighted by Crippen LogP contribution is 2.22. The van der Waals surface area contributed by atoms with Gasteiger partial charge in [0.15, 0.2) is 4.96 Å². The monoisotopic (exact) mass is 269 g/mol. The van der Waals surface area contributed by atoms with Gasteiger partial charge in [-0.1, -0.05) is 24.3 Å². The van der Waals surface area contributed by atoms with E-state index < -0.39 is 0 Å². The number of imidazole rings is 1. The molecule has 1 N–H and O–H groups in total. The van der Waals surface area contributed by atoms with Crippen molar-refractivity contribution in [2.75, 3.05) is 0 Å². The fourth-order valence-corrected chi connectivity index (χ4v) is 3.53. The smallest absolute Gasteiger partial charge is 0.193 e. The number of fused-ring (bicyclic) bond motifs is 2. The Hall–Kier alpha value is -1.65. The van der Waals surface area contributed by atoms with Gasteiger partial charge in [-0.3, -0.25) is 4.40 Å². The molecule has 19 heavy (non-hydrogen) atoms. The van der Waals surface area contributed by atoms with Crippen molar-refractivity contribution in [2.24, 2.45) is 0 Å². The lowest BCUT2D eigenvalue weighted by Gasteiger charge is -2.09. The zero-order valence-electron chi connectivity index (χ0n) is 10.5. The van der Waals surface area contributed by atoms with E-state index in [2.05, 4.69) is 56.7 Å². The molecule has 1 aliphatic rings. The molecular formula is C15H15N3S. The van der Waals surface area contributed by atoms with Crippen molar-refractivity contribution in [3.8, 4) is 0 Å². The van der Waals surface area contributed by atoms with Crippen molar-refractivity contribution in [2.45, 2.75) is 25.4 Å². The van der Waals surface area contributed by atoms with Crippen molar-refractivity contribution in [1.29, 1.82) is 0 Å². The molecule has 4 heteroatoms. The summed E-state index contributed by atoms with van der Waals surface area (Å²) in [7, 11) is 0. The second-order valence-electron chi connectivity index (χ2n) is 5.08. The Kier molecular flexibility index (Phi) is 2.64. The number of nitrogens with zero attached hydrogens (tertiary/aromatic N) is 2. The Bertz CT molecular complexity index is 659. The quantitative estimate of drug-likeness (QED) is 0.792. The SMILES string of the molecule is c1ccc2c(c1)CC(NCc1cn3ccsc3n1)C2. The van der Waals surface area contributed by atoms with Crippen LogP contribution in [-0.4, -0.2) is 15.4 Å². The molecule has 0 bridgehead atoms. The van der Waals surface area contributed by atoms with Gasteiger partial charge in [-0.15, -0.1) is 11.3 Å². The molecule has 3 aromatic rings. The number of nitrogens with one attached hydrogen (secondary N) is 1. The summed E-state index contributed by atoms with van der Waals surface area (Å²) in [6.07, 6.45) is 6.44. The van der Waals surface area contributed by atoms with Crippen LogP contribution in [0.25, 0.3) is 4.96 Å². The maximum absolute atomic E-state index is 4.60. The van der Waals surface area contributed by atoms with Crippen molar-refractivity contribution < 1.29 is 0 Å². The summed E-state index contributed by atoms with van der Waals surface area (Å²) in [4.78, 5) is 5.68. The number of aromatic nitrogens is 2. The van der Waals surface area contributed by atoms with E-state index in [1.807, 2.05) is 0 Å². The van der Waals surface area contributed by atoms with E-state index in [1.54, 1.807) is 11.3 Å². The molecular weight excluding hydrogens is 254 g/mol. The molecule has 4 rings (SSSR count). The largest absolute Gasteiger partial charge is 0.308 e. The third kappa shape index (κ3) is 2.07. The van der Waals surface area contributed by atoms with Crippen LogP contribution in [0.15, 0.2) is 42.0 Å². The second-order valence-corrected chi connectivity index (χ2v) is 5.95. The summed E-state index contributed by atoms with van der Waals surface area (Å²) in [5, 5.41) is 5.69. The van der Waals surface area contributed by atoms with E-state index in [0.29, 0.717) is 6.04 Å². The Morgan fingerprint density at radius 2 is 2.05 bits per heavy atom. The van der Waals surface area contributed by atoms with Crippen LogP contribution in [0, 0.1) is 0 Å². The lowest BCUT2D eigenvalue weighted by molar-refractivity contribution is 0.529. The van der Waals surface area contributed by atoms with E-state index in [0.717, 1.165) is 30.0 Å². The Balaban J connectivity index is 1.43. The van der Waals surface area contributed by atoms with Gasteiger partial charge in [-0.25, -0.2) is 4.98 Å². The first kappa shape index (κ1) is 11.2. The zero-order valence-corrected chi connectivity index (χ0v) is 11.4. The molecule has 2 heterocycles. The minimum atomic E-state index is 0.553. The molecule has 0 spiro atoms. The van der Waals surface area contributed by atoms with Gasteiger partial charge in [0, 0.05) is 30.4 Å². The predicted octanol–water partition coefficient (Wildman–Crippen LogP) is 2.65. The van der Waals surface area contributed by atoms with Crippen molar-refractivity contribution in [1.82, 2.24) is 14.7 Å². The molecule has 0 saturated carbocycles. The number of thiazole rings is 1. The highest BCUT2D eigenvalue weighted by molar-refractivity contribution is 7.15. The molecule has 1 aromatic carbocycles. The van der Waals surface area contributed by atoms with Crippen LogP contribution in [-0.2, 0) is 19.4 Å². The first-order valence-electron chi connectivity index (χ1n) is 6.60. The summed E-state index contributed by atoms with van der Waals surface area (Å²) in [5.41, 5.74) is 4.11. The molecule has 0 fully saturated rings. The molecule has 0 amide bonds. The summed E-state index contributed by atoms with van der Waals surface area (Å²) in [5.74, 6) is 0. The molecule has 0 unspecified atom stereocenters. The van der Waals surface area contributed by atoms with Gasteiger partial charge in [0.25, 0.3) is 0 Å². The minimum Gasteiger partial charge on any atom is -0.308 e. The highest BCUT2D eigenvalue weighted by atomic mass is 32.1. The fraction of sp³-hybridized carbons (Fsp3) is 0.267. The molecule has 0 aliphatic heterocycles.